The molecule has 55 heavy (non-hydrogen) atoms. The summed E-state index contributed by atoms with van der Waals surface area (Å²) in [6, 6.07) is 8.90. The van der Waals surface area contributed by atoms with Gasteiger partial charge in [-0.25, -0.2) is 16.8 Å². The fraction of sp³-hybridized carbons (Fsp3) is 0.513. The van der Waals surface area contributed by atoms with E-state index in [4.69, 9.17) is 4.74 Å². The van der Waals surface area contributed by atoms with E-state index in [9.17, 15) is 35.5 Å². The summed E-state index contributed by atoms with van der Waals surface area (Å²) in [5, 5.41) is 2.78. The molecule has 2 aromatic rings. The summed E-state index contributed by atoms with van der Waals surface area (Å²) >= 11 is 0. The number of hydrogen-bond acceptors (Lipinski definition) is 10. The smallest absolute Gasteiger partial charge is 0.744 e. The van der Waals surface area contributed by atoms with Gasteiger partial charge in [-0.3, -0.25) is 9.59 Å². The van der Waals surface area contributed by atoms with E-state index in [1.54, 1.807) is 12.1 Å². The summed E-state index contributed by atoms with van der Waals surface area (Å²) in [7, 11) is -9.32. The molecule has 0 unspecified atom stereocenters. The predicted molar refractivity (Wildman–Crippen MR) is 201 cm³/mol. The number of fused-ring (bicyclic) bond motifs is 2. The molecule has 1 N–H and O–H groups in total. The van der Waals surface area contributed by atoms with E-state index in [0.29, 0.717) is 38.1 Å². The molecule has 4 rings (SSSR count). The molecule has 0 radical (unpaired) electrons. The number of hydrogen-bond donors (Lipinski definition) is 1. The second-order valence-corrected chi connectivity index (χ2v) is 18.6. The average molecular weight is 849 g/mol. The third-order valence-electron chi connectivity index (χ3n) is 9.73. The number of carbonyl (C=O) groups excluding carboxylic acids is 2. The van der Waals surface area contributed by atoms with Crippen molar-refractivity contribution >= 4 is 49.2 Å². The van der Waals surface area contributed by atoms with Crippen LogP contribution in [-0.2, 0) is 45.4 Å². The molecule has 0 saturated carbocycles. The molecule has 1 amide bonds. The quantitative estimate of drug-likeness (QED) is 0.0831. The number of nitrogens with zero attached hydrogens (tertiary/aromatic N) is 2. The normalized spacial score (nSPS) is 16.8. The number of allylic oxidation sites excluding steroid dienone is 4. The average Bonchev–Trinajstić information content (AvgIpc) is 3.40. The van der Waals surface area contributed by atoms with Crippen LogP contribution in [0.5, 0.6) is 0 Å². The zero-order valence-corrected chi connectivity index (χ0v) is 41.8. The Bertz CT molecular complexity index is 2070. The number of esters is 1. The first-order valence-electron chi connectivity index (χ1n) is 17.9. The number of nitrogens with one attached hydrogen (secondary N) is 1. The molecule has 0 bridgehead atoms. The van der Waals surface area contributed by atoms with Crippen molar-refractivity contribution in [2.45, 2.75) is 108 Å². The summed E-state index contributed by atoms with van der Waals surface area (Å²) in [5.74, 6) is -0.488. The maximum Gasteiger partial charge on any atom is 1.00 e. The maximum absolute atomic E-state index is 12.4. The van der Waals surface area contributed by atoms with Crippen molar-refractivity contribution in [1.82, 2.24) is 5.32 Å². The second-order valence-electron chi connectivity index (χ2n) is 15.8. The molecule has 2 aliphatic rings. The van der Waals surface area contributed by atoms with Crippen LogP contribution in [0, 0.1) is 5.41 Å². The van der Waals surface area contributed by atoms with Crippen LogP contribution in [0.15, 0.2) is 70.1 Å². The van der Waals surface area contributed by atoms with Gasteiger partial charge in [0.05, 0.1) is 28.2 Å². The zero-order chi connectivity index (χ0) is 39.6. The van der Waals surface area contributed by atoms with Gasteiger partial charge >= 0.3 is 109 Å². The first kappa shape index (κ1) is 50.6. The Morgan fingerprint density at radius 2 is 1.47 bits per heavy atom. The van der Waals surface area contributed by atoms with Crippen LogP contribution in [0.1, 0.15) is 98.6 Å². The molecular weight excluding hydrogens is 797 g/mol. The first-order chi connectivity index (χ1) is 24.5. The van der Waals surface area contributed by atoms with Gasteiger partial charge in [0, 0.05) is 60.4 Å². The summed E-state index contributed by atoms with van der Waals surface area (Å²) in [6.07, 6.45) is 8.36. The van der Waals surface area contributed by atoms with Crippen molar-refractivity contribution in [1.29, 1.82) is 0 Å². The molecule has 0 aromatic heterocycles. The Balaban J connectivity index is 0.00000523. The molecule has 290 valence electrons. The third-order valence-corrected chi connectivity index (χ3v) is 11.4. The first-order valence-corrected chi connectivity index (χ1v) is 20.7. The predicted octanol–water partition coefficient (Wildman–Crippen LogP) is -0.207. The fourth-order valence-electron chi connectivity index (χ4n) is 6.93. The van der Waals surface area contributed by atoms with Crippen LogP contribution in [0.2, 0.25) is 0 Å². The molecule has 2 heterocycles. The summed E-state index contributed by atoms with van der Waals surface area (Å²) in [6.45, 7) is 17.5. The minimum absolute atomic E-state index is 0. The topological polar surface area (TPSA) is 176 Å². The molecule has 0 aliphatic carbocycles. The maximum atomic E-state index is 12.4. The van der Waals surface area contributed by atoms with E-state index >= 15 is 0 Å². The van der Waals surface area contributed by atoms with E-state index in [-0.39, 0.29) is 143 Å². The van der Waals surface area contributed by atoms with Gasteiger partial charge in [0.15, 0.2) is 5.71 Å². The van der Waals surface area contributed by atoms with Crippen molar-refractivity contribution in [3.05, 3.63) is 71.5 Å². The van der Waals surface area contributed by atoms with Gasteiger partial charge in [-0.05, 0) is 81.0 Å². The largest absolute Gasteiger partial charge is 1.00 e. The van der Waals surface area contributed by atoms with E-state index < -0.39 is 31.1 Å². The standard InChI is InChI=1S/C39H53N3O9S2.2K/c1-9-41-31-19-17-27(52(45,46)47)24-29(31)38(5,6)33(41)14-13-15-34-39(7,8)30-25-28(53(48,49)50)18-20-32(30)42(34)23-12-10-11-16-35(43)40-22-21-36(44)51-26-37(2,3)4;;/h13-15,17-20,24-25H,9-12,16,21-23,26H2,1-8H3,(H2-,40,43,45,46,47,48,49,50);;/q;2*+1/p-1. The molecule has 0 spiro atoms. The van der Waals surface area contributed by atoms with Crippen LogP contribution in [-0.4, -0.2) is 74.3 Å². The van der Waals surface area contributed by atoms with Crippen LogP contribution in [0.25, 0.3) is 0 Å². The van der Waals surface area contributed by atoms with Gasteiger partial charge < -0.3 is 24.1 Å². The monoisotopic (exact) mass is 848 g/mol. The molecule has 12 nitrogen and oxygen atoms in total. The Kier molecular flexibility index (Phi) is 18.5. The minimum Gasteiger partial charge on any atom is -0.744 e. The number of unbranched alkanes of at least 4 members (excludes halogenated alkanes) is 2. The van der Waals surface area contributed by atoms with Gasteiger partial charge in [0.2, 0.25) is 11.6 Å². The second kappa shape index (κ2) is 20.1. The molecular formula is C39H52K2N3O9S2+. The van der Waals surface area contributed by atoms with Gasteiger partial charge in [-0.15, -0.1) is 0 Å². The fourth-order valence-corrected chi connectivity index (χ4v) is 7.92. The van der Waals surface area contributed by atoms with Gasteiger partial charge in [0.25, 0.3) is 0 Å². The van der Waals surface area contributed by atoms with E-state index in [0.717, 1.165) is 41.2 Å². The van der Waals surface area contributed by atoms with Gasteiger partial charge in [-0.2, -0.15) is 4.58 Å². The van der Waals surface area contributed by atoms with E-state index in [1.165, 1.54) is 24.3 Å². The summed E-state index contributed by atoms with van der Waals surface area (Å²) in [5.41, 5.74) is 3.44. The van der Waals surface area contributed by atoms with Crippen LogP contribution >= 0.6 is 0 Å². The number of carbonyl (C=O) groups is 2. The van der Waals surface area contributed by atoms with E-state index in [2.05, 4.69) is 14.8 Å². The summed E-state index contributed by atoms with van der Waals surface area (Å²) in [4.78, 5) is 25.9. The molecule has 2 aliphatic heterocycles. The Morgan fingerprint density at radius 3 is 2.05 bits per heavy atom. The van der Waals surface area contributed by atoms with Crippen molar-refractivity contribution in [2.75, 3.05) is 31.1 Å². The van der Waals surface area contributed by atoms with Crippen molar-refractivity contribution in [3.63, 3.8) is 0 Å². The minimum atomic E-state index is -4.68. The number of amides is 1. The molecule has 0 saturated heterocycles. The molecule has 0 atom stereocenters. The number of rotatable bonds is 15. The Hall–Kier alpha value is -0.577. The Morgan fingerprint density at radius 1 is 0.873 bits per heavy atom. The van der Waals surface area contributed by atoms with Crippen LogP contribution in [0.4, 0.5) is 11.4 Å². The zero-order valence-electron chi connectivity index (χ0n) is 33.9. The van der Waals surface area contributed by atoms with Crippen molar-refractivity contribution in [2.24, 2.45) is 5.41 Å². The number of anilines is 1. The molecule has 2 aromatic carbocycles. The van der Waals surface area contributed by atoms with E-state index in [1.807, 2.05) is 73.6 Å². The van der Waals surface area contributed by atoms with Crippen LogP contribution in [0.3, 0.4) is 0 Å². The third kappa shape index (κ3) is 12.7. The SMILES string of the molecule is CCN1/C(=C/C=C/C2=[N+](CCCCCC(=O)NCCC(=O)OCC(C)(C)C)c3ccc(S(=O)(=O)[O-])cc3C2(C)C)C(C)(C)c2cc(S(=O)(=O)[O-])ccc21.[K+].[K+]. The summed E-state index contributed by atoms with van der Waals surface area (Å²) < 4.78 is 78.7. The van der Waals surface area contributed by atoms with Gasteiger partial charge in [-0.1, -0.05) is 40.7 Å². The molecule has 0 fully saturated rings. The number of ether oxygens (including phenoxy) is 1. The Labute approximate surface area is 412 Å². The van der Waals surface area contributed by atoms with Gasteiger partial charge in [0.1, 0.15) is 26.8 Å². The molecule has 16 heteroatoms. The number of likely N-dealkylation sites (N-methyl/N-ethyl adjacent to an activating group) is 1. The van der Waals surface area contributed by atoms with Crippen molar-refractivity contribution in [3.8, 4) is 0 Å². The van der Waals surface area contributed by atoms with Crippen molar-refractivity contribution < 1.29 is 148 Å². The number of benzene rings is 2. The van der Waals surface area contributed by atoms with Crippen LogP contribution < -0.4 is 113 Å².